The van der Waals surface area contributed by atoms with E-state index in [9.17, 15) is 10.0 Å². The SMILES string of the molecule is CN1CC=C(c2c[nH]c3ccc(C(=O)N=c4ccn(O)cc4)nc23)CC1. The van der Waals surface area contributed by atoms with Crippen LogP contribution in [0, 0.1) is 0 Å². The molecule has 26 heavy (non-hydrogen) atoms. The minimum absolute atomic E-state index is 0.299. The van der Waals surface area contributed by atoms with E-state index in [4.69, 9.17) is 0 Å². The topological polar surface area (TPSA) is 86.5 Å². The number of likely N-dealkylation sites (N-methyl/N-ethyl adjacent to an activating group) is 1. The molecule has 4 heterocycles. The first kappa shape index (κ1) is 16.3. The molecule has 1 aliphatic rings. The maximum absolute atomic E-state index is 12.5. The average Bonchev–Trinajstić information content (AvgIpc) is 3.07. The number of aromatic amines is 1. The Hall–Kier alpha value is -3.19. The fourth-order valence-electron chi connectivity index (χ4n) is 3.04. The first-order valence-electron chi connectivity index (χ1n) is 8.43. The number of H-pyrrole nitrogens is 1. The lowest BCUT2D eigenvalue weighted by atomic mass is 10.0. The summed E-state index contributed by atoms with van der Waals surface area (Å²) in [6, 6.07) is 6.65. The Morgan fingerprint density at radius 2 is 2.08 bits per heavy atom. The number of rotatable bonds is 2. The number of amides is 1. The maximum atomic E-state index is 12.5. The van der Waals surface area contributed by atoms with Gasteiger partial charge in [-0.05, 0) is 43.3 Å². The lowest BCUT2D eigenvalue weighted by molar-refractivity contribution is 0.0994. The van der Waals surface area contributed by atoms with Gasteiger partial charge in [-0.25, -0.2) is 14.7 Å². The molecule has 132 valence electrons. The van der Waals surface area contributed by atoms with E-state index in [2.05, 4.69) is 33.0 Å². The number of pyridine rings is 2. The standard InChI is InChI=1S/C19H19N5O2/c1-23-8-4-13(5-9-23)15-12-20-16-2-3-17(22-18(15)16)19(25)21-14-6-10-24(26)11-7-14/h2-4,6-7,10-12,20,26H,5,8-9H2,1H3. The molecular weight excluding hydrogens is 330 g/mol. The normalized spacial score (nSPS) is 15.0. The third-order valence-corrected chi connectivity index (χ3v) is 4.53. The lowest BCUT2D eigenvalue weighted by Crippen LogP contribution is -2.23. The first-order valence-corrected chi connectivity index (χ1v) is 8.43. The zero-order valence-electron chi connectivity index (χ0n) is 14.4. The van der Waals surface area contributed by atoms with E-state index in [1.165, 1.54) is 18.0 Å². The van der Waals surface area contributed by atoms with Crippen molar-refractivity contribution < 1.29 is 10.0 Å². The van der Waals surface area contributed by atoms with E-state index in [0.29, 0.717) is 11.1 Å². The molecule has 0 aliphatic carbocycles. The Bertz CT molecular complexity index is 1060. The lowest BCUT2D eigenvalue weighted by Gasteiger charge is -2.21. The zero-order chi connectivity index (χ0) is 18.1. The summed E-state index contributed by atoms with van der Waals surface area (Å²) in [5, 5.41) is 9.71. The van der Waals surface area contributed by atoms with Crippen LogP contribution in [0.1, 0.15) is 22.5 Å². The summed E-state index contributed by atoms with van der Waals surface area (Å²) in [6.45, 7) is 1.92. The summed E-state index contributed by atoms with van der Waals surface area (Å²) >= 11 is 0. The van der Waals surface area contributed by atoms with Crippen molar-refractivity contribution in [2.24, 2.45) is 4.99 Å². The minimum Gasteiger partial charge on any atom is -0.429 e. The van der Waals surface area contributed by atoms with E-state index in [-0.39, 0.29) is 0 Å². The van der Waals surface area contributed by atoms with Crippen molar-refractivity contribution in [3.63, 3.8) is 0 Å². The highest BCUT2D eigenvalue weighted by molar-refractivity contribution is 5.97. The van der Waals surface area contributed by atoms with E-state index >= 15 is 0 Å². The van der Waals surface area contributed by atoms with E-state index in [1.54, 1.807) is 18.2 Å². The number of carbonyl (C=O) groups is 1. The van der Waals surface area contributed by atoms with Crippen LogP contribution in [-0.2, 0) is 0 Å². The number of fused-ring (bicyclic) bond motifs is 1. The maximum Gasteiger partial charge on any atom is 0.296 e. The highest BCUT2D eigenvalue weighted by atomic mass is 16.5. The summed E-state index contributed by atoms with van der Waals surface area (Å²) < 4.78 is 0.898. The summed E-state index contributed by atoms with van der Waals surface area (Å²) in [5.74, 6) is -0.410. The molecule has 7 nitrogen and oxygen atoms in total. The Labute approximate surface area is 149 Å². The van der Waals surface area contributed by atoms with Crippen molar-refractivity contribution >= 4 is 22.5 Å². The summed E-state index contributed by atoms with van der Waals surface area (Å²) in [7, 11) is 2.10. The molecule has 0 saturated heterocycles. The van der Waals surface area contributed by atoms with Gasteiger partial charge < -0.3 is 15.1 Å². The van der Waals surface area contributed by atoms with Gasteiger partial charge in [-0.15, -0.1) is 0 Å². The molecule has 0 spiro atoms. The molecule has 1 amide bonds. The van der Waals surface area contributed by atoms with Crippen molar-refractivity contribution in [3.05, 3.63) is 65.5 Å². The molecule has 0 aromatic carbocycles. The second kappa shape index (κ2) is 6.61. The molecule has 0 saturated carbocycles. The second-order valence-corrected chi connectivity index (χ2v) is 6.39. The number of nitrogens with one attached hydrogen (secondary N) is 1. The van der Waals surface area contributed by atoms with Gasteiger partial charge in [0.1, 0.15) is 5.69 Å². The van der Waals surface area contributed by atoms with Crippen LogP contribution in [0.3, 0.4) is 0 Å². The van der Waals surface area contributed by atoms with Gasteiger partial charge in [-0.1, -0.05) is 6.08 Å². The molecule has 0 bridgehead atoms. The molecule has 3 aromatic heterocycles. The van der Waals surface area contributed by atoms with Gasteiger partial charge in [-0.2, -0.15) is 0 Å². The van der Waals surface area contributed by atoms with Crippen LogP contribution in [-0.4, -0.2) is 50.8 Å². The number of hydrogen-bond acceptors (Lipinski definition) is 4. The number of hydrogen-bond donors (Lipinski definition) is 2. The molecular formula is C19H19N5O2. The van der Waals surface area contributed by atoms with Gasteiger partial charge in [0.2, 0.25) is 0 Å². The Balaban J connectivity index is 1.71. The predicted octanol–water partition coefficient (Wildman–Crippen LogP) is 2.06. The number of carbonyl (C=O) groups excluding carboxylic acids is 1. The zero-order valence-corrected chi connectivity index (χ0v) is 14.4. The fourth-order valence-corrected chi connectivity index (χ4v) is 3.04. The molecule has 0 radical (unpaired) electrons. The third kappa shape index (κ3) is 3.16. The Kier molecular flexibility index (Phi) is 4.14. The van der Waals surface area contributed by atoms with Crippen LogP contribution < -0.4 is 5.36 Å². The molecule has 0 fully saturated rings. The Morgan fingerprint density at radius 3 is 2.81 bits per heavy atom. The van der Waals surface area contributed by atoms with Gasteiger partial charge in [0.15, 0.2) is 0 Å². The molecule has 0 atom stereocenters. The van der Waals surface area contributed by atoms with E-state index in [1.807, 2.05) is 12.3 Å². The smallest absolute Gasteiger partial charge is 0.296 e. The van der Waals surface area contributed by atoms with Crippen LogP contribution >= 0.6 is 0 Å². The second-order valence-electron chi connectivity index (χ2n) is 6.39. The monoisotopic (exact) mass is 349 g/mol. The van der Waals surface area contributed by atoms with E-state index < -0.39 is 5.91 Å². The highest BCUT2D eigenvalue weighted by Gasteiger charge is 2.16. The largest absolute Gasteiger partial charge is 0.429 e. The Morgan fingerprint density at radius 1 is 1.27 bits per heavy atom. The van der Waals surface area contributed by atoms with Crippen molar-refractivity contribution in [2.75, 3.05) is 20.1 Å². The van der Waals surface area contributed by atoms with Gasteiger partial charge in [0.05, 0.1) is 16.4 Å². The van der Waals surface area contributed by atoms with Crippen molar-refractivity contribution in [3.8, 4) is 0 Å². The summed E-state index contributed by atoms with van der Waals surface area (Å²) in [4.78, 5) is 26.6. The molecule has 1 aliphatic heterocycles. The van der Waals surface area contributed by atoms with Crippen LogP contribution in [0.25, 0.3) is 16.6 Å². The minimum atomic E-state index is -0.410. The molecule has 7 heteroatoms. The van der Waals surface area contributed by atoms with E-state index in [0.717, 1.165) is 40.8 Å². The van der Waals surface area contributed by atoms with Gasteiger partial charge in [-0.3, -0.25) is 4.79 Å². The number of aromatic nitrogens is 3. The first-order chi connectivity index (χ1) is 12.6. The summed E-state index contributed by atoms with van der Waals surface area (Å²) in [5.41, 5.74) is 4.29. The number of nitrogens with zero attached hydrogens (tertiary/aromatic N) is 4. The van der Waals surface area contributed by atoms with Crippen LogP contribution in [0.4, 0.5) is 0 Å². The fraction of sp³-hybridized carbons (Fsp3) is 0.211. The van der Waals surface area contributed by atoms with Gasteiger partial charge >= 0.3 is 0 Å². The van der Waals surface area contributed by atoms with Crippen molar-refractivity contribution in [2.45, 2.75) is 6.42 Å². The summed E-state index contributed by atoms with van der Waals surface area (Å²) in [6.07, 6.45) is 7.95. The quantitative estimate of drug-likeness (QED) is 0.694. The van der Waals surface area contributed by atoms with Gasteiger partial charge in [0, 0.05) is 37.2 Å². The predicted molar refractivity (Wildman–Crippen MR) is 97.7 cm³/mol. The third-order valence-electron chi connectivity index (χ3n) is 4.53. The van der Waals surface area contributed by atoms with Crippen molar-refractivity contribution in [1.82, 2.24) is 19.6 Å². The molecule has 2 N–H and O–H groups in total. The highest BCUT2D eigenvalue weighted by Crippen LogP contribution is 2.28. The van der Waals surface area contributed by atoms with Crippen molar-refractivity contribution in [1.29, 1.82) is 0 Å². The molecule has 4 rings (SSSR count). The van der Waals surface area contributed by atoms with Crippen LogP contribution in [0.15, 0.2) is 53.9 Å². The van der Waals surface area contributed by atoms with Gasteiger partial charge in [0.25, 0.3) is 5.91 Å². The van der Waals surface area contributed by atoms with Crippen LogP contribution in [0.2, 0.25) is 0 Å². The average molecular weight is 349 g/mol. The van der Waals surface area contributed by atoms with Crippen LogP contribution in [0.5, 0.6) is 0 Å². The molecule has 3 aromatic rings. The molecule has 0 unspecified atom stereocenters.